The van der Waals surface area contributed by atoms with Crippen molar-refractivity contribution in [3.63, 3.8) is 0 Å². The van der Waals surface area contributed by atoms with Crippen molar-refractivity contribution in [2.45, 2.75) is 12.8 Å². The van der Waals surface area contributed by atoms with E-state index >= 15 is 0 Å². The van der Waals surface area contributed by atoms with Crippen molar-refractivity contribution in [2.75, 3.05) is 11.9 Å². The highest BCUT2D eigenvalue weighted by Crippen LogP contribution is 2.23. The normalized spacial score (nSPS) is 10.4. The van der Waals surface area contributed by atoms with Crippen molar-refractivity contribution in [2.24, 2.45) is 0 Å². The van der Waals surface area contributed by atoms with E-state index in [1.54, 1.807) is 10.7 Å². The van der Waals surface area contributed by atoms with Gasteiger partial charge in [0, 0.05) is 18.7 Å². The number of halogens is 1. The summed E-state index contributed by atoms with van der Waals surface area (Å²) in [5, 5.41) is 7.16. The van der Waals surface area contributed by atoms with Gasteiger partial charge in [0.05, 0.1) is 16.8 Å². The van der Waals surface area contributed by atoms with Crippen LogP contribution < -0.4 is 10.1 Å². The fourth-order valence-electron chi connectivity index (χ4n) is 2.30. The van der Waals surface area contributed by atoms with Gasteiger partial charge in [0.1, 0.15) is 5.75 Å². The molecule has 1 amide bonds. The number of nitrogens with one attached hydrogen (secondary N) is 1. The van der Waals surface area contributed by atoms with Crippen LogP contribution in [0.2, 0.25) is 0 Å². The van der Waals surface area contributed by atoms with E-state index < -0.39 is 0 Å². The number of nitrogens with zero attached hydrogens (tertiary/aromatic N) is 2. The molecule has 0 atom stereocenters. The predicted octanol–water partition coefficient (Wildman–Crippen LogP) is 4.43. The average Bonchev–Trinajstić information content (AvgIpc) is 3.09. The van der Waals surface area contributed by atoms with Crippen LogP contribution in [0, 0.1) is 0 Å². The first-order valence-electron chi connectivity index (χ1n) is 8.00. The summed E-state index contributed by atoms with van der Waals surface area (Å²) in [7, 11) is 0. The third-order valence-corrected chi connectivity index (χ3v) is 4.17. The van der Waals surface area contributed by atoms with Gasteiger partial charge in [-0.2, -0.15) is 5.10 Å². The summed E-state index contributed by atoms with van der Waals surface area (Å²) in [4.78, 5) is 12.0. The number of hydrogen-bond donors (Lipinski definition) is 1. The summed E-state index contributed by atoms with van der Waals surface area (Å²) < 4.78 is 8.29. The first-order valence-corrected chi connectivity index (χ1v) is 8.80. The monoisotopic (exact) mass is 399 g/mol. The lowest BCUT2D eigenvalue weighted by Gasteiger charge is -2.07. The van der Waals surface area contributed by atoms with Gasteiger partial charge in [-0.05, 0) is 46.6 Å². The van der Waals surface area contributed by atoms with E-state index in [4.69, 9.17) is 4.74 Å². The number of anilines is 1. The zero-order chi connectivity index (χ0) is 17.5. The van der Waals surface area contributed by atoms with Crippen LogP contribution in [0.25, 0.3) is 5.69 Å². The highest BCUT2D eigenvalue weighted by molar-refractivity contribution is 9.10. The molecule has 0 radical (unpaired) electrons. The molecule has 0 aliphatic carbocycles. The minimum atomic E-state index is -0.0750. The summed E-state index contributed by atoms with van der Waals surface area (Å²) in [5.41, 5.74) is 0.949. The Morgan fingerprint density at radius 3 is 2.64 bits per heavy atom. The Balaban J connectivity index is 1.44. The van der Waals surface area contributed by atoms with Crippen LogP contribution in [0.15, 0.2) is 71.3 Å². The second kappa shape index (κ2) is 8.48. The number of hydrogen-bond acceptors (Lipinski definition) is 3. The summed E-state index contributed by atoms with van der Waals surface area (Å²) in [6.45, 7) is 0.481. The van der Waals surface area contributed by atoms with Crippen LogP contribution in [0.4, 0.5) is 5.82 Å². The molecule has 0 saturated heterocycles. The van der Waals surface area contributed by atoms with E-state index in [0.717, 1.165) is 15.9 Å². The van der Waals surface area contributed by atoms with Gasteiger partial charge in [0.25, 0.3) is 0 Å². The zero-order valence-corrected chi connectivity index (χ0v) is 15.1. The van der Waals surface area contributed by atoms with Gasteiger partial charge in [-0.15, -0.1) is 0 Å². The molecule has 0 bridgehead atoms. The van der Waals surface area contributed by atoms with Gasteiger partial charge < -0.3 is 10.1 Å². The molecule has 1 heterocycles. The molecule has 3 aromatic rings. The summed E-state index contributed by atoms with van der Waals surface area (Å²) in [5.74, 6) is 1.25. The number of aromatic nitrogens is 2. The standard InChI is InChI=1S/C19H18BrN3O2/c20-16-9-4-5-10-17(16)25-14-6-11-19(24)21-18-12-13-23(22-18)15-7-2-1-3-8-15/h1-5,7-10,12-13H,6,11,14H2,(H,21,22,24). The largest absolute Gasteiger partial charge is 0.492 e. The van der Waals surface area contributed by atoms with Crippen LogP contribution >= 0.6 is 15.9 Å². The molecule has 0 saturated carbocycles. The van der Waals surface area contributed by atoms with Crippen LogP contribution in [-0.2, 0) is 4.79 Å². The summed E-state index contributed by atoms with van der Waals surface area (Å²) in [6.07, 6.45) is 2.83. The maximum atomic E-state index is 12.0. The molecule has 0 fully saturated rings. The lowest BCUT2D eigenvalue weighted by molar-refractivity contribution is -0.116. The van der Waals surface area contributed by atoms with E-state index in [9.17, 15) is 4.79 Å². The molecule has 0 aliphatic heterocycles. The molecular weight excluding hydrogens is 382 g/mol. The Morgan fingerprint density at radius 2 is 1.84 bits per heavy atom. The van der Waals surface area contributed by atoms with E-state index in [0.29, 0.717) is 25.3 Å². The first-order chi connectivity index (χ1) is 12.2. The van der Waals surface area contributed by atoms with Crippen molar-refractivity contribution < 1.29 is 9.53 Å². The van der Waals surface area contributed by atoms with Crippen molar-refractivity contribution in [1.29, 1.82) is 0 Å². The SMILES string of the molecule is O=C(CCCOc1ccccc1Br)Nc1ccn(-c2ccccc2)n1. The number of benzene rings is 2. The maximum absolute atomic E-state index is 12.0. The Kier molecular flexibility index (Phi) is 5.85. The molecule has 2 aromatic carbocycles. The number of para-hydroxylation sites is 2. The molecular formula is C19H18BrN3O2. The molecule has 25 heavy (non-hydrogen) atoms. The Bertz CT molecular complexity index is 833. The topological polar surface area (TPSA) is 56.1 Å². The Labute approximate surface area is 154 Å². The first kappa shape index (κ1) is 17.2. The van der Waals surface area contributed by atoms with Gasteiger partial charge >= 0.3 is 0 Å². The Hall–Kier alpha value is -2.60. The van der Waals surface area contributed by atoms with Gasteiger partial charge in [-0.1, -0.05) is 30.3 Å². The lowest BCUT2D eigenvalue weighted by Crippen LogP contribution is -2.13. The third-order valence-electron chi connectivity index (χ3n) is 3.52. The van der Waals surface area contributed by atoms with Gasteiger partial charge in [-0.3, -0.25) is 4.79 Å². The highest BCUT2D eigenvalue weighted by atomic mass is 79.9. The van der Waals surface area contributed by atoms with Gasteiger partial charge in [0.2, 0.25) is 5.91 Å². The fraction of sp³-hybridized carbons (Fsp3) is 0.158. The second-order valence-electron chi connectivity index (χ2n) is 5.41. The van der Waals surface area contributed by atoms with Crippen LogP contribution in [0.1, 0.15) is 12.8 Å². The number of ether oxygens (including phenoxy) is 1. The van der Waals surface area contributed by atoms with Crippen LogP contribution in [0.5, 0.6) is 5.75 Å². The Morgan fingerprint density at radius 1 is 1.08 bits per heavy atom. The molecule has 0 spiro atoms. The molecule has 0 aliphatic rings. The molecule has 0 unspecified atom stereocenters. The number of rotatable bonds is 7. The molecule has 1 aromatic heterocycles. The van der Waals surface area contributed by atoms with Crippen LogP contribution in [0.3, 0.4) is 0 Å². The van der Waals surface area contributed by atoms with Crippen molar-refractivity contribution in [1.82, 2.24) is 9.78 Å². The smallest absolute Gasteiger partial charge is 0.225 e. The summed E-state index contributed by atoms with van der Waals surface area (Å²) in [6, 6.07) is 19.2. The quantitative estimate of drug-likeness (QED) is 0.597. The van der Waals surface area contributed by atoms with E-state index in [1.807, 2.05) is 60.8 Å². The van der Waals surface area contributed by atoms with Crippen molar-refractivity contribution in [3.05, 3.63) is 71.3 Å². The maximum Gasteiger partial charge on any atom is 0.225 e. The van der Waals surface area contributed by atoms with Gasteiger partial charge in [-0.25, -0.2) is 4.68 Å². The lowest BCUT2D eigenvalue weighted by atomic mass is 10.3. The van der Waals surface area contributed by atoms with Crippen molar-refractivity contribution in [3.8, 4) is 11.4 Å². The van der Waals surface area contributed by atoms with Crippen LogP contribution in [-0.4, -0.2) is 22.3 Å². The van der Waals surface area contributed by atoms with E-state index in [2.05, 4.69) is 26.3 Å². The predicted molar refractivity (Wildman–Crippen MR) is 101 cm³/mol. The minimum Gasteiger partial charge on any atom is -0.492 e. The number of carbonyl (C=O) groups excluding carboxylic acids is 1. The fourth-order valence-corrected chi connectivity index (χ4v) is 2.70. The molecule has 128 valence electrons. The third kappa shape index (κ3) is 4.93. The summed E-state index contributed by atoms with van der Waals surface area (Å²) >= 11 is 3.43. The number of amides is 1. The molecule has 3 rings (SSSR count). The molecule has 1 N–H and O–H groups in total. The number of carbonyl (C=O) groups is 1. The minimum absolute atomic E-state index is 0.0750. The highest BCUT2D eigenvalue weighted by Gasteiger charge is 2.06. The zero-order valence-electron chi connectivity index (χ0n) is 13.6. The van der Waals surface area contributed by atoms with E-state index in [-0.39, 0.29) is 5.91 Å². The molecule has 5 nitrogen and oxygen atoms in total. The molecule has 6 heteroatoms. The van der Waals surface area contributed by atoms with Gasteiger partial charge in [0.15, 0.2) is 5.82 Å². The van der Waals surface area contributed by atoms with E-state index in [1.165, 1.54) is 0 Å². The average molecular weight is 400 g/mol. The second-order valence-corrected chi connectivity index (χ2v) is 6.27. The van der Waals surface area contributed by atoms with Crippen molar-refractivity contribution >= 4 is 27.7 Å².